The molecule has 23 heavy (non-hydrogen) atoms. The molecule has 0 saturated carbocycles. The molecule has 1 aromatic carbocycles. The van der Waals surface area contributed by atoms with Crippen molar-refractivity contribution in [2.75, 3.05) is 20.7 Å². The van der Waals surface area contributed by atoms with Crippen LogP contribution >= 0.6 is 0 Å². The molecule has 0 spiro atoms. The summed E-state index contributed by atoms with van der Waals surface area (Å²) in [6.07, 6.45) is 3.48. The van der Waals surface area contributed by atoms with E-state index >= 15 is 0 Å². The second-order valence-corrected chi connectivity index (χ2v) is 5.91. The van der Waals surface area contributed by atoms with Gasteiger partial charge in [-0.05, 0) is 36.4 Å². The summed E-state index contributed by atoms with van der Waals surface area (Å²) in [5.41, 5.74) is 1.97. The van der Waals surface area contributed by atoms with Crippen molar-refractivity contribution in [1.82, 2.24) is 9.88 Å². The van der Waals surface area contributed by atoms with E-state index in [1.54, 1.807) is 19.5 Å². The van der Waals surface area contributed by atoms with E-state index in [1.165, 1.54) is 0 Å². The van der Waals surface area contributed by atoms with Crippen molar-refractivity contribution >= 4 is 5.97 Å². The molecule has 2 aromatic rings. The largest absolute Gasteiger partial charge is 0.497 e. The molecule has 2 heterocycles. The zero-order valence-electron chi connectivity index (χ0n) is 13.2. The Morgan fingerprint density at radius 2 is 2.00 bits per heavy atom. The first-order chi connectivity index (χ1) is 11.1. The Kier molecular flexibility index (Phi) is 4.30. The number of carboxylic acid groups (broad SMARTS) is 1. The van der Waals surface area contributed by atoms with Crippen LogP contribution in [0.5, 0.6) is 5.75 Å². The van der Waals surface area contributed by atoms with Crippen LogP contribution in [0.3, 0.4) is 0 Å². The van der Waals surface area contributed by atoms with Gasteiger partial charge in [-0.15, -0.1) is 0 Å². The number of nitrogens with zero attached hydrogens (tertiary/aromatic N) is 2. The summed E-state index contributed by atoms with van der Waals surface area (Å²) < 4.78 is 5.19. The predicted octanol–water partition coefficient (Wildman–Crippen LogP) is 2.56. The first kappa shape index (κ1) is 15.5. The third kappa shape index (κ3) is 2.92. The minimum atomic E-state index is -0.774. The van der Waals surface area contributed by atoms with Gasteiger partial charge in [0, 0.05) is 30.9 Å². The molecule has 0 radical (unpaired) electrons. The number of rotatable bonds is 4. The van der Waals surface area contributed by atoms with Gasteiger partial charge in [-0.3, -0.25) is 14.7 Å². The Morgan fingerprint density at radius 3 is 2.57 bits per heavy atom. The second kappa shape index (κ2) is 6.38. The third-order valence-electron chi connectivity index (χ3n) is 4.59. The highest BCUT2D eigenvalue weighted by Crippen LogP contribution is 2.44. The Balaban J connectivity index is 1.97. The van der Waals surface area contributed by atoms with Crippen molar-refractivity contribution in [3.63, 3.8) is 0 Å². The van der Waals surface area contributed by atoms with Crippen molar-refractivity contribution in [3.8, 4) is 5.75 Å². The lowest BCUT2D eigenvalue weighted by atomic mass is 9.83. The van der Waals surface area contributed by atoms with Gasteiger partial charge in [0.2, 0.25) is 0 Å². The number of methoxy groups -OCH3 is 1. The molecule has 0 aliphatic carbocycles. The lowest BCUT2D eigenvalue weighted by molar-refractivity contribution is -0.143. The minimum absolute atomic E-state index is 0.0710. The zero-order chi connectivity index (χ0) is 16.4. The summed E-state index contributed by atoms with van der Waals surface area (Å²) in [7, 11) is 3.59. The van der Waals surface area contributed by atoms with Crippen LogP contribution in [-0.2, 0) is 4.79 Å². The Bertz CT molecular complexity index is 672. The normalized spacial score (nSPS) is 24.5. The summed E-state index contributed by atoms with van der Waals surface area (Å²) >= 11 is 0. The molecule has 0 bridgehead atoms. The topological polar surface area (TPSA) is 62.7 Å². The summed E-state index contributed by atoms with van der Waals surface area (Å²) in [5.74, 6) is -0.579. The van der Waals surface area contributed by atoms with Crippen molar-refractivity contribution in [1.29, 1.82) is 0 Å². The first-order valence-corrected chi connectivity index (χ1v) is 7.58. The molecule has 1 fully saturated rings. The molecule has 3 unspecified atom stereocenters. The van der Waals surface area contributed by atoms with Gasteiger partial charge < -0.3 is 9.84 Å². The highest BCUT2D eigenvalue weighted by Gasteiger charge is 2.45. The minimum Gasteiger partial charge on any atom is -0.497 e. The van der Waals surface area contributed by atoms with Crippen LogP contribution in [0.15, 0.2) is 48.8 Å². The van der Waals surface area contributed by atoms with Gasteiger partial charge in [0.1, 0.15) is 5.75 Å². The van der Waals surface area contributed by atoms with Gasteiger partial charge >= 0.3 is 5.97 Å². The number of carboxylic acids is 1. The number of likely N-dealkylation sites (tertiary alicyclic amines) is 1. The van der Waals surface area contributed by atoms with E-state index in [-0.39, 0.29) is 12.0 Å². The molecule has 5 nitrogen and oxygen atoms in total. The van der Waals surface area contributed by atoms with Crippen LogP contribution in [0.2, 0.25) is 0 Å². The SMILES string of the molecule is COc1ccc(C2C(C(=O)O)C(c3cccnc3)CN2C)cc1. The fraction of sp³-hybridized carbons (Fsp3) is 0.333. The summed E-state index contributed by atoms with van der Waals surface area (Å²) in [5, 5.41) is 9.82. The second-order valence-electron chi connectivity index (χ2n) is 5.91. The molecular formula is C18H20N2O3. The van der Waals surface area contributed by atoms with E-state index in [0.717, 1.165) is 16.9 Å². The standard InChI is InChI=1S/C18H20N2O3/c1-20-11-15(13-4-3-9-19-10-13)16(18(21)22)17(20)12-5-7-14(23-2)8-6-12/h3-10,15-17H,11H2,1-2H3,(H,21,22). The van der Waals surface area contributed by atoms with E-state index in [1.807, 2.05) is 43.4 Å². The van der Waals surface area contributed by atoms with Gasteiger partial charge in [0.25, 0.3) is 0 Å². The fourth-order valence-corrected chi connectivity index (χ4v) is 3.51. The molecule has 0 amide bonds. The van der Waals surface area contributed by atoms with Crippen LogP contribution < -0.4 is 4.74 Å². The van der Waals surface area contributed by atoms with Crippen LogP contribution in [0.4, 0.5) is 0 Å². The fourth-order valence-electron chi connectivity index (χ4n) is 3.51. The maximum atomic E-state index is 12.0. The average molecular weight is 312 g/mol. The van der Waals surface area contributed by atoms with E-state index in [0.29, 0.717) is 6.54 Å². The van der Waals surface area contributed by atoms with E-state index < -0.39 is 11.9 Å². The van der Waals surface area contributed by atoms with Gasteiger partial charge in [0.05, 0.1) is 13.0 Å². The molecule has 120 valence electrons. The van der Waals surface area contributed by atoms with Gasteiger partial charge in [-0.25, -0.2) is 0 Å². The number of benzene rings is 1. The Labute approximate surface area is 135 Å². The van der Waals surface area contributed by atoms with Crippen LogP contribution in [0, 0.1) is 5.92 Å². The number of pyridine rings is 1. The lowest BCUT2D eigenvalue weighted by Gasteiger charge is -2.24. The molecular weight excluding hydrogens is 292 g/mol. The molecule has 3 atom stereocenters. The maximum Gasteiger partial charge on any atom is 0.309 e. The highest BCUT2D eigenvalue weighted by atomic mass is 16.5. The molecule has 5 heteroatoms. The van der Waals surface area contributed by atoms with Gasteiger partial charge in [-0.1, -0.05) is 18.2 Å². The van der Waals surface area contributed by atoms with Crippen LogP contribution in [0.1, 0.15) is 23.1 Å². The Hall–Kier alpha value is -2.40. The number of likely N-dealkylation sites (N-methyl/N-ethyl adjacent to an activating group) is 1. The number of aromatic nitrogens is 1. The van der Waals surface area contributed by atoms with Crippen molar-refractivity contribution in [2.45, 2.75) is 12.0 Å². The number of ether oxygens (including phenoxy) is 1. The first-order valence-electron chi connectivity index (χ1n) is 7.58. The predicted molar refractivity (Wildman–Crippen MR) is 86.5 cm³/mol. The Morgan fingerprint density at radius 1 is 1.26 bits per heavy atom. The molecule has 1 aliphatic rings. The molecule has 1 aliphatic heterocycles. The van der Waals surface area contributed by atoms with Gasteiger partial charge in [-0.2, -0.15) is 0 Å². The van der Waals surface area contributed by atoms with Crippen LogP contribution in [-0.4, -0.2) is 41.7 Å². The van der Waals surface area contributed by atoms with E-state index in [9.17, 15) is 9.90 Å². The average Bonchev–Trinajstić information content (AvgIpc) is 2.93. The number of hydrogen-bond donors (Lipinski definition) is 1. The maximum absolute atomic E-state index is 12.0. The van der Waals surface area contributed by atoms with Crippen molar-refractivity contribution in [3.05, 3.63) is 59.9 Å². The zero-order valence-corrected chi connectivity index (χ0v) is 13.2. The van der Waals surface area contributed by atoms with E-state index in [4.69, 9.17) is 4.74 Å². The lowest BCUT2D eigenvalue weighted by Crippen LogP contribution is -2.26. The number of carbonyl (C=O) groups is 1. The molecule has 1 saturated heterocycles. The van der Waals surface area contributed by atoms with Crippen LogP contribution in [0.25, 0.3) is 0 Å². The highest BCUT2D eigenvalue weighted by molar-refractivity contribution is 5.73. The van der Waals surface area contributed by atoms with E-state index in [2.05, 4.69) is 9.88 Å². The molecule has 1 N–H and O–H groups in total. The summed E-state index contributed by atoms with van der Waals surface area (Å²) in [6.45, 7) is 0.694. The van der Waals surface area contributed by atoms with Crippen molar-refractivity contribution in [2.24, 2.45) is 5.92 Å². The summed E-state index contributed by atoms with van der Waals surface area (Å²) in [4.78, 5) is 18.2. The summed E-state index contributed by atoms with van der Waals surface area (Å²) in [6, 6.07) is 11.3. The smallest absolute Gasteiger partial charge is 0.309 e. The quantitative estimate of drug-likeness (QED) is 0.940. The number of aliphatic carboxylic acids is 1. The van der Waals surface area contributed by atoms with Gasteiger partial charge in [0.15, 0.2) is 0 Å². The molecule has 3 rings (SSSR count). The number of hydrogen-bond acceptors (Lipinski definition) is 4. The third-order valence-corrected chi connectivity index (χ3v) is 4.59. The molecule has 1 aromatic heterocycles. The monoisotopic (exact) mass is 312 g/mol. The van der Waals surface area contributed by atoms with Crippen molar-refractivity contribution < 1.29 is 14.6 Å².